The summed E-state index contributed by atoms with van der Waals surface area (Å²) in [5.41, 5.74) is 3.40. The fraction of sp³-hybridized carbons (Fsp3) is 0.286. The summed E-state index contributed by atoms with van der Waals surface area (Å²) in [6.45, 7) is 11.2. The maximum absolute atomic E-state index is 14.9. The van der Waals surface area contributed by atoms with Crippen LogP contribution in [0, 0.1) is 17.1 Å². The molecule has 13 heteroatoms. The molecular formula is C35H32ClFN8O3. The quantitative estimate of drug-likeness (QED) is 0.208. The number of nitrogens with one attached hydrogen (secondary N) is 1. The second-order valence-corrected chi connectivity index (χ2v) is 13.0. The van der Waals surface area contributed by atoms with Crippen molar-refractivity contribution in [3.05, 3.63) is 82.9 Å². The lowest BCUT2D eigenvalue weighted by molar-refractivity contribution is -0.126. The second-order valence-electron chi connectivity index (χ2n) is 12.7. The zero-order valence-corrected chi connectivity index (χ0v) is 27.4. The fourth-order valence-corrected chi connectivity index (χ4v) is 7.15. The summed E-state index contributed by atoms with van der Waals surface area (Å²) in [6.07, 6.45) is 4.33. The largest absolute Gasteiger partial charge is 0.437 e. The normalized spacial score (nSPS) is 16.1. The Bertz CT molecular complexity index is 2150. The number of ether oxygens (including phenoxy) is 2. The number of aromatic nitrogens is 4. The number of amides is 1. The molecule has 0 spiro atoms. The third kappa shape index (κ3) is 5.35. The molecule has 1 amide bonds. The summed E-state index contributed by atoms with van der Waals surface area (Å²) < 4.78 is 27.8. The number of carbonyl (C=O) groups excluding carboxylic acids is 1. The number of pyridine rings is 2. The summed E-state index contributed by atoms with van der Waals surface area (Å²) in [5, 5.41) is 18.2. The average Bonchev–Trinajstić information content (AvgIpc) is 3.53. The Hall–Kier alpha value is -5.25. The highest BCUT2D eigenvalue weighted by Crippen LogP contribution is 2.45. The standard InChI is InChI=1S/C35H32ClFN8O3/c1-5-27(46)44-11-13-45(14-12-44)31-21-9-10-39-34(48-32-23-17-40-42-25(23)15-24(37)29(32)36)30(21)41-33(22(31)16-38)47-26-8-6-7-20-18-43(4)19-35(2,3)28(20)26/h5-10,15,17H,1,11-14,18-19H2,2-4H3,(H,40,42). The first-order valence-corrected chi connectivity index (χ1v) is 15.8. The van der Waals surface area contributed by atoms with E-state index in [9.17, 15) is 14.4 Å². The number of rotatable bonds is 6. The van der Waals surface area contributed by atoms with Gasteiger partial charge in [0.15, 0.2) is 5.75 Å². The van der Waals surface area contributed by atoms with Crippen LogP contribution in [0.4, 0.5) is 10.1 Å². The molecule has 0 bridgehead atoms. The first kappa shape index (κ1) is 31.4. The van der Waals surface area contributed by atoms with Gasteiger partial charge in [0.1, 0.15) is 33.7 Å². The van der Waals surface area contributed by atoms with Gasteiger partial charge in [-0.1, -0.05) is 44.2 Å². The Morgan fingerprint density at radius 1 is 1.17 bits per heavy atom. The molecule has 3 aromatic heterocycles. The van der Waals surface area contributed by atoms with E-state index >= 15 is 0 Å². The average molecular weight is 667 g/mol. The molecule has 1 N–H and O–H groups in total. The Morgan fingerprint density at radius 2 is 1.96 bits per heavy atom. The monoisotopic (exact) mass is 666 g/mol. The molecular weight excluding hydrogens is 635 g/mol. The fourth-order valence-electron chi connectivity index (χ4n) is 6.95. The summed E-state index contributed by atoms with van der Waals surface area (Å²) in [6, 6.07) is 11.3. The first-order valence-electron chi connectivity index (χ1n) is 15.5. The molecule has 0 unspecified atom stereocenters. The van der Waals surface area contributed by atoms with E-state index in [-0.39, 0.29) is 44.9 Å². The highest BCUT2D eigenvalue weighted by Gasteiger charge is 2.34. The molecule has 5 heterocycles. The van der Waals surface area contributed by atoms with Crippen LogP contribution in [0.3, 0.4) is 0 Å². The number of hydrogen-bond donors (Lipinski definition) is 1. The Kier molecular flexibility index (Phi) is 7.89. The van der Waals surface area contributed by atoms with Gasteiger partial charge in [-0.05, 0) is 30.8 Å². The Balaban J connectivity index is 1.41. The summed E-state index contributed by atoms with van der Waals surface area (Å²) >= 11 is 6.42. The van der Waals surface area contributed by atoms with Gasteiger partial charge in [0.2, 0.25) is 17.7 Å². The van der Waals surface area contributed by atoms with Crippen molar-refractivity contribution in [1.29, 1.82) is 5.26 Å². The van der Waals surface area contributed by atoms with Crippen molar-refractivity contribution in [2.45, 2.75) is 25.8 Å². The van der Waals surface area contributed by atoms with E-state index in [2.05, 4.69) is 59.7 Å². The van der Waals surface area contributed by atoms with Gasteiger partial charge >= 0.3 is 0 Å². The van der Waals surface area contributed by atoms with E-state index in [4.69, 9.17) is 26.1 Å². The minimum absolute atomic E-state index is 0.0233. The minimum atomic E-state index is -0.692. The third-order valence-corrected chi connectivity index (χ3v) is 9.25. The van der Waals surface area contributed by atoms with E-state index in [0.717, 1.165) is 24.2 Å². The van der Waals surface area contributed by atoms with Crippen molar-refractivity contribution in [1.82, 2.24) is 30.0 Å². The number of anilines is 1. The van der Waals surface area contributed by atoms with Crippen molar-refractivity contribution >= 4 is 45.0 Å². The van der Waals surface area contributed by atoms with Crippen LogP contribution >= 0.6 is 11.6 Å². The lowest BCUT2D eigenvalue weighted by atomic mass is 9.78. The molecule has 1 saturated heterocycles. The molecule has 2 aromatic carbocycles. The van der Waals surface area contributed by atoms with Gasteiger partial charge in [0.05, 0.1) is 22.8 Å². The number of hydrogen-bond acceptors (Lipinski definition) is 9. The molecule has 2 aliphatic rings. The van der Waals surface area contributed by atoms with Gasteiger partial charge in [-0.25, -0.2) is 14.4 Å². The number of carbonyl (C=O) groups is 1. The Labute approximate surface area is 281 Å². The van der Waals surface area contributed by atoms with Crippen molar-refractivity contribution in [3.8, 4) is 29.3 Å². The van der Waals surface area contributed by atoms with Crippen LogP contribution in [0.2, 0.25) is 5.02 Å². The number of piperazine rings is 1. The van der Waals surface area contributed by atoms with Gasteiger partial charge in [-0.3, -0.25) is 9.89 Å². The highest BCUT2D eigenvalue weighted by molar-refractivity contribution is 6.33. The summed E-state index contributed by atoms with van der Waals surface area (Å²) in [4.78, 5) is 27.7. The maximum Gasteiger partial charge on any atom is 0.246 e. The van der Waals surface area contributed by atoms with Crippen molar-refractivity contribution in [3.63, 3.8) is 0 Å². The van der Waals surface area contributed by atoms with Gasteiger partial charge in [0, 0.05) is 67.9 Å². The molecule has 5 aromatic rings. The number of fused-ring (bicyclic) bond motifs is 3. The van der Waals surface area contributed by atoms with Crippen molar-refractivity contribution < 1.29 is 18.7 Å². The van der Waals surface area contributed by atoms with Crippen molar-refractivity contribution in [2.75, 3.05) is 44.7 Å². The SMILES string of the molecule is C=CC(=O)N1CCN(c2c(C#N)c(Oc3cccc4c3C(C)(C)CN(C)C4)nc3c(Oc4c(Cl)c(F)cc5[nH]ncc45)nccc23)CC1. The zero-order valence-electron chi connectivity index (χ0n) is 26.7. The molecule has 1 fully saturated rings. The lowest BCUT2D eigenvalue weighted by Gasteiger charge is -2.39. The zero-order chi connectivity index (χ0) is 33.7. The molecule has 7 rings (SSSR count). The molecule has 0 aliphatic carbocycles. The second kappa shape index (κ2) is 12.1. The molecule has 2 aliphatic heterocycles. The summed E-state index contributed by atoms with van der Waals surface area (Å²) in [7, 11) is 2.09. The number of nitriles is 1. The lowest BCUT2D eigenvalue weighted by Crippen LogP contribution is -2.48. The van der Waals surface area contributed by atoms with E-state index < -0.39 is 5.82 Å². The number of nitrogens with zero attached hydrogens (tertiary/aromatic N) is 7. The minimum Gasteiger partial charge on any atom is -0.437 e. The molecule has 0 atom stereocenters. The molecule has 0 saturated carbocycles. The number of aromatic amines is 1. The van der Waals surface area contributed by atoms with E-state index in [0.29, 0.717) is 53.9 Å². The van der Waals surface area contributed by atoms with E-state index in [1.54, 1.807) is 11.0 Å². The van der Waals surface area contributed by atoms with Crippen LogP contribution in [-0.4, -0.2) is 75.6 Å². The van der Waals surface area contributed by atoms with E-state index in [1.807, 2.05) is 17.0 Å². The van der Waals surface area contributed by atoms with Gasteiger partial charge < -0.3 is 24.2 Å². The topological polar surface area (TPSA) is 124 Å². The van der Waals surface area contributed by atoms with Crippen LogP contribution in [0.1, 0.15) is 30.5 Å². The predicted molar refractivity (Wildman–Crippen MR) is 180 cm³/mol. The van der Waals surface area contributed by atoms with Crippen LogP contribution in [0.25, 0.3) is 21.8 Å². The number of likely N-dealkylation sites (N-methyl/N-ethyl adjacent to an activating group) is 1. The number of halogens is 2. The molecule has 244 valence electrons. The number of benzene rings is 2. The van der Waals surface area contributed by atoms with Crippen LogP contribution in [0.15, 0.2) is 55.4 Å². The van der Waals surface area contributed by atoms with Gasteiger partial charge in [-0.15, -0.1) is 0 Å². The van der Waals surface area contributed by atoms with Crippen molar-refractivity contribution in [2.24, 2.45) is 0 Å². The maximum atomic E-state index is 14.9. The highest BCUT2D eigenvalue weighted by atomic mass is 35.5. The Morgan fingerprint density at radius 3 is 2.71 bits per heavy atom. The number of H-pyrrole nitrogens is 1. The van der Waals surface area contributed by atoms with Gasteiger partial charge in [0.25, 0.3) is 0 Å². The van der Waals surface area contributed by atoms with Crippen LogP contribution in [-0.2, 0) is 16.8 Å². The van der Waals surface area contributed by atoms with Crippen LogP contribution in [0.5, 0.6) is 23.3 Å². The first-order chi connectivity index (χ1) is 23.1. The smallest absolute Gasteiger partial charge is 0.246 e. The van der Waals surface area contributed by atoms with Crippen LogP contribution < -0.4 is 14.4 Å². The van der Waals surface area contributed by atoms with E-state index in [1.165, 1.54) is 24.5 Å². The third-order valence-electron chi connectivity index (χ3n) is 8.90. The molecule has 0 radical (unpaired) electrons. The summed E-state index contributed by atoms with van der Waals surface area (Å²) in [5.74, 6) is -0.114. The molecule has 11 nitrogen and oxygen atoms in total. The van der Waals surface area contributed by atoms with Gasteiger partial charge in [-0.2, -0.15) is 10.4 Å². The molecule has 48 heavy (non-hydrogen) atoms. The predicted octanol–water partition coefficient (Wildman–Crippen LogP) is 6.31.